The van der Waals surface area contributed by atoms with Gasteiger partial charge in [-0.05, 0) is 31.2 Å². The number of rotatable bonds is 4. The Hall–Kier alpha value is -0.980. The molecule has 16 heavy (non-hydrogen) atoms. The molecular weight excluding hydrogens is 231 g/mol. The Morgan fingerprint density at radius 1 is 1.38 bits per heavy atom. The molecule has 0 saturated heterocycles. The molecule has 0 spiro atoms. The van der Waals surface area contributed by atoms with Gasteiger partial charge in [0.05, 0.1) is 4.90 Å². The van der Waals surface area contributed by atoms with E-state index in [-0.39, 0.29) is 17.5 Å². The van der Waals surface area contributed by atoms with Crippen LogP contribution in [0, 0.1) is 5.82 Å². The summed E-state index contributed by atoms with van der Waals surface area (Å²) in [6, 6.07) is 4.42. The average molecular weight is 246 g/mol. The van der Waals surface area contributed by atoms with E-state index in [1.54, 1.807) is 6.92 Å². The first-order valence-corrected chi connectivity index (χ1v) is 6.27. The fraction of sp³-hybridized carbons (Fsp3) is 0.400. The van der Waals surface area contributed by atoms with E-state index in [1.807, 2.05) is 0 Å². The molecule has 1 unspecified atom stereocenters. The molecule has 90 valence electrons. The monoisotopic (exact) mass is 246 g/mol. The average Bonchev–Trinajstić information content (AvgIpc) is 2.27. The third kappa shape index (κ3) is 2.58. The third-order valence-electron chi connectivity index (χ3n) is 2.45. The molecule has 6 heteroatoms. The SMILES string of the molecule is CC(CN)N(C)S(=O)(=O)c1ccc(F)cc1. The summed E-state index contributed by atoms with van der Waals surface area (Å²) in [6.07, 6.45) is 0. The Morgan fingerprint density at radius 3 is 2.31 bits per heavy atom. The van der Waals surface area contributed by atoms with Gasteiger partial charge >= 0.3 is 0 Å². The molecule has 0 aliphatic rings. The number of halogens is 1. The maximum Gasteiger partial charge on any atom is 0.243 e. The molecule has 1 atom stereocenters. The van der Waals surface area contributed by atoms with Crippen LogP contribution in [0.4, 0.5) is 4.39 Å². The molecule has 0 aliphatic carbocycles. The Bertz CT molecular complexity index is 444. The molecule has 1 aromatic carbocycles. The van der Waals surface area contributed by atoms with Crippen LogP contribution in [0.15, 0.2) is 29.2 Å². The molecule has 0 radical (unpaired) electrons. The number of nitrogens with zero attached hydrogens (tertiary/aromatic N) is 1. The number of sulfonamides is 1. The zero-order valence-electron chi connectivity index (χ0n) is 9.22. The predicted octanol–water partition coefficient (Wildman–Crippen LogP) is 0.793. The van der Waals surface area contributed by atoms with Crippen LogP contribution in [0.3, 0.4) is 0 Å². The smallest absolute Gasteiger partial charge is 0.243 e. The van der Waals surface area contributed by atoms with E-state index in [2.05, 4.69) is 0 Å². The first-order chi connectivity index (χ1) is 7.39. The first-order valence-electron chi connectivity index (χ1n) is 4.83. The summed E-state index contributed by atoms with van der Waals surface area (Å²) in [5.74, 6) is -0.464. The van der Waals surface area contributed by atoms with Gasteiger partial charge in [0, 0.05) is 19.6 Å². The van der Waals surface area contributed by atoms with Gasteiger partial charge in [0.2, 0.25) is 10.0 Å². The normalized spacial score (nSPS) is 14.1. The minimum absolute atomic E-state index is 0.0664. The van der Waals surface area contributed by atoms with Crippen molar-refractivity contribution >= 4 is 10.0 Å². The summed E-state index contributed by atoms with van der Waals surface area (Å²) in [5, 5.41) is 0. The van der Waals surface area contributed by atoms with Crippen LogP contribution in [0.1, 0.15) is 6.92 Å². The Kier molecular flexibility index (Phi) is 4.01. The van der Waals surface area contributed by atoms with E-state index in [9.17, 15) is 12.8 Å². The van der Waals surface area contributed by atoms with Crippen molar-refractivity contribution in [2.45, 2.75) is 17.9 Å². The maximum absolute atomic E-state index is 12.7. The van der Waals surface area contributed by atoms with Crippen molar-refractivity contribution in [3.05, 3.63) is 30.1 Å². The Morgan fingerprint density at radius 2 is 1.88 bits per heavy atom. The fourth-order valence-corrected chi connectivity index (χ4v) is 2.53. The second kappa shape index (κ2) is 4.90. The first kappa shape index (κ1) is 13.1. The molecule has 4 nitrogen and oxygen atoms in total. The number of hydrogen-bond acceptors (Lipinski definition) is 3. The standard InChI is InChI=1S/C10H15FN2O2S/c1-8(7-12)13(2)16(14,15)10-5-3-9(11)4-6-10/h3-6,8H,7,12H2,1-2H3. The second-order valence-electron chi connectivity index (χ2n) is 3.56. The van der Waals surface area contributed by atoms with Crippen molar-refractivity contribution in [3.8, 4) is 0 Å². The summed E-state index contributed by atoms with van der Waals surface area (Å²) >= 11 is 0. The maximum atomic E-state index is 12.7. The van der Waals surface area contributed by atoms with Crippen molar-refractivity contribution in [3.63, 3.8) is 0 Å². The van der Waals surface area contributed by atoms with Crippen LogP contribution >= 0.6 is 0 Å². The van der Waals surface area contributed by atoms with Crippen molar-refractivity contribution < 1.29 is 12.8 Å². The molecule has 1 aromatic rings. The van der Waals surface area contributed by atoms with Crippen LogP contribution in [0.25, 0.3) is 0 Å². The van der Waals surface area contributed by atoms with Gasteiger partial charge in [0.25, 0.3) is 0 Å². The molecule has 0 aliphatic heterocycles. The Balaban J connectivity index is 3.07. The van der Waals surface area contributed by atoms with E-state index in [1.165, 1.54) is 23.5 Å². The minimum atomic E-state index is -3.58. The van der Waals surface area contributed by atoms with Gasteiger partial charge in [-0.15, -0.1) is 0 Å². The number of nitrogens with two attached hydrogens (primary N) is 1. The lowest BCUT2D eigenvalue weighted by Gasteiger charge is -2.22. The highest BCUT2D eigenvalue weighted by Gasteiger charge is 2.24. The van der Waals surface area contributed by atoms with E-state index in [4.69, 9.17) is 5.73 Å². The fourth-order valence-electron chi connectivity index (χ4n) is 1.16. The van der Waals surface area contributed by atoms with Gasteiger partial charge in [-0.3, -0.25) is 0 Å². The van der Waals surface area contributed by atoms with Crippen molar-refractivity contribution in [2.75, 3.05) is 13.6 Å². The number of benzene rings is 1. The second-order valence-corrected chi connectivity index (χ2v) is 5.56. The molecule has 0 bridgehead atoms. The zero-order chi connectivity index (χ0) is 12.3. The molecule has 1 rings (SSSR count). The zero-order valence-corrected chi connectivity index (χ0v) is 10.0. The van der Waals surface area contributed by atoms with Crippen LogP contribution in [-0.2, 0) is 10.0 Å². The summed E-state index contributed by atoms with van der Waals surface area (Å²) in [4.78, 5) is 0.0664. The van der Waals surface area contributed by atoms with E-state index >= 15 is 0 Å². The molecule has 0 amide bonds. The highest BCUT2D eigenvalue weighted by atomic mass is 32.2. The largest absolute Gasteiger partial charge is 0.329 e. The third-order valence-corrected chi connectivity index (χ3v) is 4.44. The molecule has 0 aromatic heterocycles. The van der Waals surface area contributed by atoms with Gasteiger partial charge < -0.3 is 5.73 Å². The summed E-state index contributed by atoms with van der Waals surface area (Å²) < 4.78 is 37.8. The van der Waals surface area contributed by atoms with Gasteiger partial charge in [0.15, 0.2) is 0 Å². The summed E-state index contributed by atoms with van der Waals surface area (Å²) in [6.45, 7) is 1.94. The topological polar surface area (TPSA) is 63.4 Å². The lowest BCUT2D eigenvalue weighted by atomic mass is 10.3. The highest BCUT2D eigenvalue weighted by Crippen LogP contribution is 2.16. The molecule has 0 fully saturated rings. The number of likely N-dealkylation sites (N-methyl/N-ethyl adjacent to an activating group) is 1. The van der Waals surface area contributed by atoms with Gasteiger partial charge in [-0.25, -0.2) is 12.8 Å². The quantitative estimate of drug-likeness (QED) is 0.854. The van der Waals surface area contributed by atoms with E-state index in [0.29, 0.717) is 0 Å². The summed E-state index contributed by atoms with van der Waals surface area (Å²) in [7, 11) is -2.13. The predicted molar refractivity (Wildman–Crippen MR) is 59.9 cm³/mol. The summed E-state index contributed by atoms with van der Waals surface area (Å²) in [5.41, 5.74) is 5.41. The van der Waals surface area contributed by atoms with E-state index in [0.717, 1.165) is 12.1 Å². The van der Waals surface area contributed by atoms with Crippen LogP contribution < -0.4 is 5.73 Å². The minimum Gasteiger partial charge on any atom is -0.329 e. The molecule has 0 saturated carbocycles. The lowest BCUT2D eigenvalue weighted by Crippen LogP contribution is -2.39. The van der Waals surface area contributed by atoms with Crippen molar-refractivity contribution in [1.29, 1.82) is 0 Å². The van der Waals surface area contributed by atoms with Crippen molar-refractivity contribution in [2.24, 2.45) is 5.73 Å². The molecular formula is C10H15FN2O2S. The molecule has 0 heterocycles. The lowest BCUT2D eigenvalue weighted by molar-refractivity contribution is 0.394. The van der Waals surface area contributed by atoms with Gasteiger partial charge in [-0.2, -0.15) is 4.31 Å². The van der Waals surface area contributed by atoms with Crippen molar-refractivity contribution in [1.82, 2.24) is 4.31 Å². The Labute approximate surface area is 94.9 Å². The van der Waals surface area contributed by atoms with Gasteiger partial charge in [0.1, 0.15) is 5.82 Å². The van der Waals surface area contributed by atoms with Gasteiger partial charge in [-0.1, -0.05) is 0 Å². The van der Waals surface area contributed by atoms with E-state index < -0.39 is 15.8 Å². The van der Waals surface area contributed by atoms with Crippen LogP contribution in [0.2, 0.25) is 0 Å². The highest BCUT2D eigenvalue weighted by molar-refractivity contribution is 7.89. The van der Waals surface area contributed by atoms with Crippen LogP contribution in [0.5, 0.6) is 0 Å². The van der Waals surface area contributed by atoms with Crippen LogP contribution in [-0.4, -0.2) is 32.4 Å². The molecule has 2 N–H and O–H groups in total. The number of hydrogen-bond donors (Lipinski definition) is 1.